The second kappa shape index (κ2) is 5.38. The van der Waals surface area contributed by atoms with E-state index in [0.29, 0.717) is 5.75 Å². The highest BCUT2D eigenvalue weighted by molar-refractivity contribution is 5.85. The number of carbonyl (C=O) groups is 1. The number of amides is 1. The summed E-state index contributed by atoms with van der Waals surface area (Å²) >= 11 is 0. The van der Waals surface area contributed by atoms with Gasteiger partial charge in [-0.15, -0.1) is 12.4 Å². The van der Waals surface area contributed by atoms with Crippen LogP contribution in [0.4, 0.5) is 4.79 Å². The lowest BCUT2D eigenvalue weighted by atomic mass is 10.1. The molecule has 2 rings (SSSR count). The van der Waals surface area contributed by atoms with E-state index in [-0.39, 0.29) is 24.5 Å². The van der Waals surface area contributed by atoms with Crippen LogP contribution in [0.15, 0.2) is 18.2 Å². The Morgan fingerprint density at radius 3 is 2.82 bits per heavy atom. The number of hydrogen-bond acceptors (Lipinski definition) is 3. The van der Waals surface area contributed by atoms with Crippen molar-refractivity contribution >= 4 is 18.5 Å². The van der Waals surface area contributed by atoms with Gasteiger partial charge in [-0.05, 0) is 24.5 Å². The number of nitrogens with two attached hydrogens (primary N) is 1. The van der Waals surface area contributed by atoms with Crippen LogP contribution in [0.1, 0.15) is 23.6 Å². The van der Waals surface area contributed by atoms with E-state index in [9.17, 15) is 4.79 Å². The quantitative estimate of drug-likeness (QED) is 0.837. The lowest BCUT2D eigenvalue weighted by Gasteiger charge is -2.15. The van der Waals surface area contributed by atoms with E-state index in [0.717, 1.165) is 18.4 Å². The van der Waals surface area contributed by atoms with Gasteiger partial charge in [0, 0.05) is 25.7 Å². The van der Waals surface area contributed by atoms with Gasteiger partial charge in [0.15, 0.2) is 0 Å². The Bertz CT molecular complexity index is 421. The van der Waals surface area contributed by atoms with Gasteiger partial charge in [-0.25, -0.2) is 4.79 Å². The number of fused-ring (bicyclic) bond motifs is 1. The molecule has 0 aliphatic heterocycles. The van der Waals surface area contributed by atoms with Crippen molar-refractivity contribution in [2.24, 2.45) is 5.73 Å². The topological polar surface area (TPSA) is 55.6 Å². The summed E-state index contributed by atoms with van der Waals surface area (Å²) in [6.45, 7) is 0. The number of carbonyl (C=O) groups excluding carboxylic acids is 1. The molecule has 1 amide bonds. The fourth-order valence-corrected chi connectivity index (χ4v) is 1.96. The van der Waals surface area contributed by atoms with Crippen molar-refractivity contribution in [1.82, 2.24) is 4.90 Å². The molecule has 1 aromatic rings. The van der Waals surface area contributed by atoms with E-state index >= 15 is 0 Å². The Kier molecular flexibility index (Phi) is 4.37. The number of aryl methyl sites for hydroxylation is 1. The monoisotopic (exact) mass is 256 g/mol. The van der Waals surface area contributed by atoms with Crippen molar-refractivity contribution in [2.75, 3.05) is 14.1 Å². The molecular weight excluding hydrogens is 240 g/mol. The van der Waals surface area contributed by atoms with Crippen molar-refractivity contribution in [3.63, 3.8) is 0 Å². The van der Waals surface area contributed by atoms with E-state index in [4.69, 9.17) is 10.5 Å². The molecule has 0 aromatic heterocycles. The maximum Gasteiger partial charge on any atom is 0.414 e. The fraction of sp³-hybridized carbons (Fsp3) is 0.417. The number of nitrogens with zero attached hydrogens (tertiary/aromatic N) is 1. The van der Waals surface area contributed by atoms with Gasteiger partial charge in [0.2, 0.25) is 0 Å². The molecule has 0 radical (unpaired) electrons. The first-order valence-corrected chi connectivity index (χ1v) is 5.36. The van der Waals surface area contributed by atoms with Gasteiger partial charge < -0.3 is 15.4 Å². The highest BCUT2D eigenvalue weighted by Crippen LogP contribution is 2.36. The molecule has 0 heterocycles. The number of halogens is 1. The molecule has 0 spiro atoms. The van der Waals surface area contributed by atoms with E-state index in [1.54, 1.807) is 20.2 Å². The minimum atomic E-state index is -0.368. The summed E-state index contributed by atoms with van der Waals surface area (Å²) in [5, 5.41) is 0. The first-order chi connectivity index (χ1) is 7.59. The van der Waals surface area contributed by atoms with Crippen LogP contribution >= 0.6 is 12.4 Å². The third kappa shape index (κ3) is 2.70. The van der Waals surface area contributed by atoms with Crippen LogP contribution in [-0.4, -0.2) is 25.1 Å². The van der Waals surface area contributed by atoms with Gasteiger partial charge in [-0.3, -0.25) is 0 Å². The standard InChI is InChI=1S/C12H16N2O2.ClH/c1-14(2)12(15)16-10-5-3-4-8-6-7-9(13)11(8)10;/h3-5,9H,6-7,13H2,1-2H3;1H. The molecular formula is C12H17ClN2O2. The average molecular weight is 257 g/mol. The SMILES string of the molecule is CN(C)C(=O)Oc1cccc2c1C(N)CC2.Cl. The third-order valence-corrected chi connectivity index (χ3v) is 2.81. The lowest BCUT2D eigenvalue weighted by Crippen LogP contribution is -2.26. The summed E-state index contributed by atoms with van der Waals surface area (Å²) in [5.74, 6) is 0.598. The summed E-state index contributed by atoms with van der Waals surface area (Å²) < 4.78 is 5.30. The molecule has 1 unspecified atom stereocenters. The first-order valence-electron chi connectivity index (χ1n) is 5.36. The number of ether oxygens (including phenoxy) is 1. The Morgan fingerprint density at radius 1 is 1.47 bits per heavy atom. The van der Waals surface area contributed by atoms with E-state index < -0.39 is 0 Å². The summed E-state index contributed by atoms with van der Waals surface area (Å²) in [4.78, 5) is 12.9. The Hall–Kier alpha value is -1.26. The van der Waals surface area contributed by atoms with Gasteiger partial charge >= 0.3 is 6.09 Å². The molecule has 0 bridgehead atoms. The van der Waals surface area contributed by atoms with Gasteiger partial charge in [0.1, 0.15) is 5.75 Å². The maximum absolute atomic E-state index is 11.5. The number of hydrogen-bond donors (Lipinski definition) is 1. The maximum atomic E-state index is 11.5. The van der Waals surface area contributed by atoms with Crippen LogP contribution in [0.5, 0.6) is 5.75 Å². The van der Waals surface area contributed by atoms with E-state index in [2.05, 4.69) is 0 Å². The second-order valence-corrected chi connectivity index (χ2v) is 4.24. The largest absolute Gasteiger partial charge is 0.414 e. The molecule has 1 aromatic carbocycles. The molecule has 17 heavy (non-hydrogen) atoms. The van der Waals surface area contributed by atoms with Crippen molar-refractivity contribution in [3.8, 4) is 5.75 Å². The summed E-state index contributed by atoms with van der Waals surface area (Å²) in [7, 11) is 3.32. The van der Waals surface area contributed by atoms with Crippen LogP contribution in [0.25, 0.3) is 0 Å². The fourth-order valence-electron chi connectivity index (χ4n) is 1.96. The first kappa shape index (κ1) is 13.8. The highest BCUT2D eigenvalue weighted by atomic mass is 35.5. The predicted octanol–water partition coefficient (Wildman–Crippen LogP) is 2.11. The summed E-state index contributed by atoms with van der Waals surface area (Å²) in [6, 6.07) is 5.72. The van der Waals surface area contributed by atoms with Gasteiger partial charge in [-0.1, -0.05) is 12.1 Å². The molecule has 2 N–H and O–H groups in total. The van der Waals surface area contributed by atoms with E-state index in [1.807, 2.05) is 12.1 Å². The zero-order valence-corrected chi connectivity index (χ0v) is 10.8. The number of rotatable bonds is 1. The third-order valence-electron chi connectivity index (χ3n) is 2.81. The normalized spacial score (nSPS) is 17.0. The molecule has 0 saturated carbocycles. The molecule has 1 aliphatic rings. The smallest absolute Gasteiger partial charge is 0.410 e. The van der Waals surface area contributed by atoms with Gasteiger partial charge in [0.25, 0.3) is 0 Å². The average Bonchev–Trinajstić information content (AvgIpc) is 2.61. The molecule has 5 heteroatoms. The number of benzene rings is 1. The molecule has 94 valence electrons. The highest BCUT2D eigenvalue weighted by Gasteiger charge is 2.24. The molecule has 1 atom stereocenters. The van der Waals surface area contributed by atoms with Crippen molar-refractivity contribution < 1.29 is 9.53 Å². The Balaban J connectivity index is 0.00000144. The molecule has 1 aliphatic carbocycles. The van der Waals surface area contributed by atoms with Crippen LogP contribution in [0.3, 0.4) is 0 Å². The van der Waals surface area contributed by atoms with Crippen LogP contribution < -0.4 is 10.5 Å². The minimum absolute atomic E-state index is 0. The van der Waals surface area contributed by atoms with Crippen LogP contribution in [0, 0.1) is 0 Å². The van der Waals surface area contributed by atoms with Crippen LogP contribution in [0.2, 0.25) is 0 Å². The summed E-state index contributed by atoms with van der Waals surface area (Å²) in [5.41, 5.74) is 8.17. The Labute approximate surface area is 107 Å². The molecule has 0 saturated heterocycles. The molecule has 4 nitrogen and oxygen atoms in total. The van der Waals surface area contributed by atoms with Crippen molar-refractivity contribution in [1.29, 1.82) is 0 Å². The van der Waals surface area contributed by atoms with Crippen LogP contribution in [-0.2, 0) is 6.42 Å². The molecule has 0 fully saturated rings. The van der Waals surface area contributed by atoms with Crippen molar-refractivity contribution in [2.45, 2.75) is 18.9 Å². The van der Waals surface area contributed by atoms with Gasteiger partial charge in [0.05, 0.1) is 0 Å². The van der Waals surface area contributed by atoms with E-state index in [1.165, 1.54) is 10.5 Å². The summed E-state index contributed by atoms with van der Waals surface area (Å²) in [6.07, 6.45) is 1.52. The lowest BCUT2D eigenvalue weighted by molar-refractivity contribution is 0.171. The predicted molar refractivity (Wildman–Crippen MR) is 68.7 cm³/mol. The van der Waals surface area contributed by atoms with Gasteiger partial charge in [-0.2, -0.15) is 0 Å². The minimum Gasteiger partial charge on any atom is -0.410 e. The second-order valence-electron chi connectivity index (χ2n) is 4.24. The Morgan fingerprint density at radius 2 is 2.18 bits per heavy atom. The van der Waals surface area contributed by atoms with Crippen molar-refractivity contribution in [3.05, 3.63) is 29.3 Å². The zero-order chi connectivity index (χ0) is 11.7. The zero-order valence-electron chi connectivity index (χ0n) is 9.97.